The number of carbonyl (C=O) groups excluding carboxylic acids is 2. The molecule has 3 N–H and O–H groups in total. The maximum atomic E-state index is 12.7. The third-order valence-corrected chi connectivity index (χ3v) is 6.71. The van der Waals surface area contributed by atoms with Crippen LogP contribution in [0, 0.1) is 6.92 Å². The molecule has 33 heavy (non-hydrogen) atoms. The normalized spacial score (nSPS) is 12.0. The standard InChI is InChI=1S/C22H29N3O6S2/c1-5-31-19-11-8-16(14-20(19)30-3)21(26)23-24-22(27)18(12-13-32-4)25-33(28,29)17-9-6-15(2)7-10-17/h6-11,14,18,25H,5,12-13H2,1-4H3,(H,23,26)(H,24,27). The van der Waals surface area contributed by atoms with Crippen molar-refractivity contribution in [1.29, 1.82) is 0 Å². The number of methoxy groups -OCH3 is 1. The van der Waals surface area contributed by atoms with E-state index in [4.69, 9.17) is 9.47 Å². The van der Waals surface area contributed by atoms with Crippen molar-refractivity contribution in [2.24, 2.45) is 0 Å². The Bertz CT molecular complexity index is 1060. The molecule has 0 bridgehead atoms. The van der Waals surface area contributed by atoms with Gasteiger partial charge in [-0.2, -0.15) is 16.5 Å². The maximum Gasteiger partial charge on any atom is 0.269 e. The van der Waals surface area contributed by atoms with Crippen LogP contribution in [0.25, 0.3) is 0 Å². The molecule has 1 unspecified atom stereocenters. The monoisotopic (exact) mass is 495 g/mol. The van der Waals surface area contributed by atoms with Gasteiger partial charge in [0.1, 0.15) is 6.04 Å². The Hall–Kier alpha value is -2.76. The smallest absolute Gasteiger partial charge is 0.269 e. The molecule has 11 heteroatoms. The van der Waals surface area contributed by atoms with Crippen molar-refractivity contribution in [1.82, 2.24) is 15.6 Å². The van der Waals surface area contributed by atoms with E-state index in [-0.39, 0.29) is 16.9 Å². The van der Waals surface area contributed by atoms with Gasteiger partial charge in [0, 0.05) is 5.56 Å². The van der Waals surface area contributed by atoms with E-state index in [1.807, 2.05) is 20.1 Å². The van der Waals surface area contributed by atoms with Crippen molar-refractivity contribution >= 4 is 33.6 Å². The van der Waals surface area contributed by atoms with Gasteiger partial charge in [0.2, 0.25) is 10.0 Å². The molecule has 0 saturated heterocycles. The van der Waals surface area contributed by atoms with Crippen LogP contribution >= 0.6 is 11.8 Å². The average molecular weight is 496 g/mol. The summed E-state index contributed by atoms with van der Waals surface area (Å²) in [7, 11) is -2.47. The topological polar surface area (TPSA) is 123 Å². The van der Waals surface area contributed by atoms with Crippen molar-refractivity contribution < 1.29 is 27.5 Å². The van der Waals surface area contributed by atoms with Crippen LogP contribution in [0.3, 0.4) is 0 Å². The molecule has 2 aromatic rings. The highest BCUT2D eigenvalue weighted by Gasteiger charge is 2.26. The van der Waals surface area contributed by atoms with E-state index < -0.39 is 27.9 Å². The van der Waals surface area contributed by atoms with Gasteiger partial charge >= 0.3 is 0 Å². The number of hydrazine groups is 1. The second-order valence-electron chi connectivity index (χ2n) is 7.01. The molecule has 1 atom stereocenters. The summed E-state index contributed by atoms with van der Waals surface area (Å²) in [5.74, 6) is 0.141. The fourth-order valence-corrected chi connectivity index (χ4v) is 4.51. The van der Waals surface area contributed by atoms with Crippen LogP contribution < -0.4 is 25.0 Å². The minimum atomic E-state index is -3.92. The Morgan fingerprint density at radius 3 is 2.36 bits per heavy atom. The average Bonchev–Trinajstić information content (AvgIpc) is 2.80. The first kappa shape index (κ1) is 26.5. The molecule has 0 aliphatic heterocycles. The second-order valence-corrected chi connectivity index (χ2v) is 9.71. The van der Waals surface area contributed by atoms with Gasteiger partial charge in [-0.1, -0.05) is 17.7 Å². The van der Waals surface area contributed by atoms with E-state index in [0.29, 0.717) is 23.9 Å². The number of hydrogen-bond acceptors (Lipinski definition) is 7. The van der Waals surface area contributed by atoms with E-state index in [9.17, 15) is 18.0 Å². The predicted molar refractivity (Wildman–Crippen MR) is 128 cm³/mol. The first-order valence-electron chi connectivity index (χ1n) is 10.2. The SMILES string of the molecule is CCOc1ccc(C(=O)NNC(=O)C(CCSC)NS(=O)(=O)c2ccc(C)cc2)cc1OC. The van der Waals surface area contributed by atoms with Crippen LogP contribution in [0.4, 0.5) is 0 Å². The zero-order chi connectivity index (χ0) is 24.4. The molecule has 0 radical (unpaired) electrons. The summed E-state index contributed by atoms with van der Waals surface area (Å²) in [6.45, 7) is 4.12. The highest BCUT2D eigenvalue weighted by Crippen LogP contribution is 2.27. The van der Waals surface area contributed by atoms with Gasteiger partial charge in [-0.15, -0.1) is 0 Å². The van der Waals surface area contributed by atoms with Gasteiger partial charge in [0.25, 0.3) is 11.8 Å². The van der Waals surface area contributed by atoms with Crippen LogP contribution in [-0.2, 0) is 14.8 Å². The quantitative estimate of drug-likeness (QED) is 0.409. The molecule has 2 rings (SSSR count). The van der Waals surface area contributed by atoms with Crippen molar-refractivity contribution in [3.63, 3.8) is 0 Å². The number of amides is 2. The van der Waals surface area contributed by atoms with E-state index in [0.717, 1.165) is 5.56 Å². The number of sulfonamides is 1. The summed E-state index contributed by atoms with van der Waals surface area (Å²) < 4.78 is 38.5. The summed E-state index contributed by atoms with van der Waals surface area (Å²) >= 11 is 1.47. The lowest BCUT2D eigenvalue weighted by molar-refractivity contribution is -0.123. The van der Waals surface area contributed by atoms with Gasteiger partial charge in [0.05, 0.1) is 18.6 Å². The maximum absolute atomic E-state index is 12.7. The van der Waals surface area contributed by atoms with Gasteiger partial charge in [-0.05, 0) is 62.6 Å². The molecule has 9 nitrogen and oxygen atoms in total. The van der Waals surface area contributed by atoms with Gasteiger partial charge in [-0.25, -0.2) is 8.42 Å². The largest absolute Gasteiger partial charge is 0.493 e. The van der Waals surface area contributed by atoms with Gasteiger partial charge in [-0.3, -0.25) is 20.4 Å². The Morgan fingerprint density at radius 2 is 1.76 bits per heavy atom. The molecule has 0 saturated carbocycles. The lowest BCUT2D eigenvalue weighted by Crippen LogP contribution is -2.52. The van der Waals surface area contributed by atoms with E-state index in [1.54, 1.807) is 18.2 Å². The zero-order valence-electron chi connectivity index (χ0n) is 19.0. The number of ether oxygens (including phenoxy) is 2. The second kappa shape index (κ2) is 12.5. The van der Waals surface area contributed by atoms with Crippen molar-refractivity contribution in [2.45, 2.75) is 31.2 Å². The molecule has 0 heterocycles. The summed E-state index contributed by atoms with van der Waals surface area (Å²) in [5.41, 5.74) is 5.77. The summed E-state index contributed by atoms with van der Waals surface area (Å²) in [6.07, 6.45) is 2.09. The van der Waals surface area contributed by atoms with Crippen LogP contribution in [0.15, 0.2) is 47.4 Å². The number of hydrogen-bond donors (Lipinski definition) is 3. The third kappa shape index (κ3) is 7.65. The van der Waals surface area contributed by atoms with Gasteiger partial charge < -0.3 is 9.47 Å². The summed E-state index contributed by atoms with van der Waals surface area (Å²) in [5, 5.41) is 0. The van der Waals surface area contributed by atoms with Crippen molar-refractivity contribution in [3.05, 3.63) is 53.6 Å². The first-order chi connectivity index (χ1) is 15.7. The third-order valence-electron chi connectivity index (χ3n) is 4.58. The van der Waals surface area contributed by atoms with E-state index in [1.165, 1.54) is 43.1 Å². The van der Waals surface area contributed by atoms with Crippen LogP contribution in [0.5, 0.6) is 11.5 Å². The fraction of sp³-hybridized carbons (Fsp3) is 0.364. The highest BCUT2D eigenvalue weighted by molar-refractivity contribution is 7.98. The van der Waals surface area contributed by atoms with Crippen molar-refractivity contribution in [3.8, 4) is 11.5 Å². The Morgan fingerprint density at radius 1 is 1.06 bits per heavy atom. The van der Waals surface area contributed by atoms with E-state index >= 15 is 0 Å². The van der Waals surface area contributed by atoms with Crippen LogP contribution in [-0.4, -0.2) is 52.0 Å². The molecule has 0 fully saturated rings. The molecular formula is C22H29N3O6S2. The fourth-order valence-electron chi connectivity index (χ4n) is 2.81. The number of rotatable bonds is 11. The number of aryl methyl sites for hydroxylation is 1. The molecule has 180 valence electrons. The lowest BCUT2D eigenvalue weighted by Gasteiger charge is -2.19. The molecule has 0 aromatic heterocycles. The minimum absolute atomic E-state index is 0.0561. The molecule has 0 aliphatic carbocycles. The Balaban J connectivity index is 2.08. The van der Waals surface area contributed by atoms with Gasteiger partial charge in [0.15, 0.2) is 11.5 Å². The van der Waals surface area contributed by atoms with Crippen molar-refractivity contribution in [2.75, 3.05) is 25.7 Å². The number of carbonyl (C=O) groups is 2. The highest BCUT2D eigenvalue weighted by atomic mass is 32.2. The summed E-state index contributed by atoms with van der Waals surface area (Å²) in [4.78, 5) is 25.3. The first-order valence-corrected chi connectivity index (χ1v) is 13.1. The minimum Gasteiger partial charge on any atom is -0.493 e. The number of thioether (sulfide) groups is 1. The zero-order valence-corrected chi connectivity index (χ0v) is 20.6. The molecule has 2 aromatic carbocycles. The molecular weight excluding hydrogens is 466 g/mol. The van der Waals surface area contributed by atoms with Crippen LogP contribution in [0.2, 0.25) is 0 Å². The molecule has 0 aliphatic rings. The lowest BCUT2D eigenvalue weighted by atomic mass is 10.2. The number of benzene rings is 2. The van der Waals surface area contributed by atoms with E-state index in [2.05, 4.69) is 15.6 Å². The predicted octanol–water partition coefficient (Wildman–Crippen LogP) is 2.26. The number of nitrogens with one attached hydrogen (secondary N) is 3. The van der Waals surface area contributed by atoms with Crippen LogP contribution in [0.1, 0.15) is 29.3 Å². The Labute approximate surface area is 198 Å². The summed E-state index contributed by atoms with van der Waals surface area (Å²) in [6, 6.07) is 9.84. The Kier molecular flexibility index (Phi) is 10.0. The molecule has 2 amide bonds. The molecule has 0 spiro atoms.